The summed E-state index contributed by atoms with van der Waals surface area (Å²) in [6.07, 6.45) is 1.13. The van der Waals surface area contributed by atoms with Crippen molar-refractivity contribution in [3.63, 3.8) is 0 Å². The van der Waals surface area contributed by atoms with E-state index in [4.69, 9.17) is 16.3 Å². The number of hydrogen-bond donors (Lipinski definition) is 2. The van der Waals surface area contributed by atoms with Crippen molar-refractivity contribution in [2.75, 3.05) is 20.7 Å². The molecule has 0 aliphatic rings. The van der Waals surface area contributed by atoms with Gasteiger partial charge in [0.1, 0.15) is 5.75 Å². The Morgan fingerprint density at radius 1 is 1.42 bits per heavy atom. The molecule has 1 amide bonds. The van der Waals surface area contributed by atoms with Gasteiger partial charge in [-0.15, -0.1) is 0 Å². The van der Waals surface area contributed by atoms with E-state index >= 15 is 0 Å². The van der Waals surface area contributed by atoms with Gasteiger partial charge in [-0.05, 0) is 38.1 Å². The summed E-state index contributed by atoms with van der Waals surface area (Å²) < 4.78 is 5.57. The van der Waals surface area contributed by atoms with Crippen LogP contribution in [0.4, 0.5) is 0 Å². The van der Waals surface area contributed by atoms with Crippen LogP contribution in [0, 0.1) is 0 Å². The molecule has 19 heavy (non-hydrogen) atoms. The molecule has 0 heterocycles. The van der Waals surface area contributed by atoms with E-state index in [1.54, 1.807) is 7.05 Å². The van der Waals surface area contributed by atoms with Crippen LogP contribution in [-0.4, -0.2) is 26.6 Å². The second-order valence-corrected chi connectivity index (χ2v) is 4.73. The average Bonchev–Trinajstić information content (AvgIpc) is 2.43. The topological polar surface area (TPSA) is 50.4 Å². The van der Waals surface area contributed by atoms with Crippen LogP contribution in [-0.2, 0) is 4.79 Å². The standard InChI is InChI=1S/C14H21ClN2O2/c1-10(16-2)11-6-7-13(12(15)9-11)19-8-4-5-14(18)17-3/h6-7,9-10,16H,4-5,8H2,1-3H3,(H,17,18). The van der Waals surface area contributed by atoms with Gasteiger partial charge in [0.15, 0.2) is 0 Å². The summed E-state index contributed by atoms with van der Waals surface area (Å²) in [5.74, 6) is 0.679. The summed E-state index contributed by atoms with van der Waals surface area (Å²) in [4.78, 5) is 11.0. The van der Waals surface area contributed by atoms with E-state index < -0.39 is 0 Å². The highest BCUT2D eigenvalue weighted by molar-refractivity contribution is 6.32. The van der Waals surface area contributed by atoms with Crippen LogP contribution in [0.2, 0.25) is 5.02 Å². The highest BCUT2D eigenvalue weighted by Crippen LogP contribution is 2.27. The summed E-state index contributed by atoms with van der Waals surface area (Å²) in [7, 11) is 3.53. The minimum atomic E-state index is 0.0212. The Hall–Kier alpha value is -1.26. The number of halogens is 1. The molecule has 0 saturated carbocycles. The molecule has 0 radical (unpaired) electrons. The Kier molecular flexibility index (Phi) is 6.67. The SMILES string of the molecule is CNC(=O)CCCOc1ccc(C(C)NC)cc1Cl. The first kappa shape index (κ1) is 15.8. The minimum absolute atomic E-state index is 0.0212. The third-order valence-electron chi connectivity index (χ3n) is 2.97. The predicted octanol–water partition coefficient (Wildman–Crippen LogP) is 2.53. The van der Waals surface area contributed by atoms with Gasteiger partial charge >= 0.3 is 0 Å². The molecule has 0 saturated heterocycles. The lowest BCUT2D eigenvalue weighted by atomic mass is 10.1. The number of nitrogens with one attached hydrogen (secondary N) is 2. The fourth-order valence-electron chi connectivity index (χ4n) is 1.61. The Bertz CT molecular complexity index is 424. The monoisotopic (exact) mass is 284 g/mol. The molecular formula is C14H21ClN2O2. The number of benzene rings is 1. The molecule has 0 aromatic heterocycles. The van der Waals surface area contributed by atoms with E-state index in [9.17, 15) is 4.79 Å². The summed E-state index contributed by atoms with van der Waals surface area (Å²) in [6.45, 7) is 2.55. The molecule has 1 rings (SSSR count). The van der Waals surface area contributed by atoms with Crippen molar-refractivity contribution in [1.29, 1.82) is 0 Å². The van der Waals surface area contributed by atoms with Crippen molar-refractivity contribution in [3.8, 4) is 5.75 Å². The Balaban J connectivity index is 2.49. The maximum atomic E-state index is 11.0. The number of carbonyl (C=O) groups is 1. The van der Waals surface area contributed by atoms with E-state index in [1.165, 1.54) is 0 Å². The van der Waals surface area contributed by atoms with Gasteiger partial charge < -0.3 is 15.4 Å². The molecule has 0 aliphatic heterocycles. The molecule has 2 N–H and O–H groups in total. The first-order valence-electron chi connectivity index (χ1n) is 6.38. The number of ether oxygens (including phenoxy) is 1. The van der Waals surface area contributed by atoms with E-state index in [0.717, 1.165) is 5.56 Å². The maximum absolute atomic E-state index is 11.0. The van der Waals surface area contributed by atoms with Gasteiger partial charge in [0.05, 0.1) is 11.6 Å². The van der Waals surface area contributed by atoms with E-state index in [2.05, 4.69) is 17.6 Å². The molecule has 1 aromatic rings. The van der Waals surface area contributed by atoms with Crippen LogP contribution in [0.15, 0.2) is 18.2 Å². The molecule has 0 fully saturated rings. The van der Waals surface area contributed by atoms with E-state index in [0.29, 0.717) is 30.2 Å². The summed E-state index contributed by atoms with van der Waals surface area (Å²) in [5, 5.41) is 6.33. The van der Waals surface area contributed by atoms with Crippen molar-refractivity contribution < 1.29 is 9.53 Å². The van der Waals surface area contributed by atoms with Crippen LogP contribution in [0.1, 0.15) is 31.4 Å². The fraction of sp³-hybridized carbons (Fsp3) is 0.500. The zero-order chi connectivity index (χ0) is 14.3. The van der Waals surface area contributed by atoms with Gasteiger partial charge in [0, 0.05) is 19.5 Å². The van der Waals surface area contributed by atoms with Gasteiger partial charge in [-0.2, -0.15) is 0 Å². The molecule has 1 unspecified atom stereocenters. The van der Waals surface area contributed by atoms with Gasteiger partial charge in [-0.3, -0.25) is 4.79 Å². The van der Waals surface area contributed by atoms with Gasteiger partial charge in [-0.25, -0.2) is 0 Å². The first-order valence-corrected chi connectivity index (χ1v) is 6.76. The summed E-state index contributed by atoms with van der Waals surface area (Å²) in [5.41, 5.74) is 1.12. The number of amides is 1. The Morgan fingerprint density at radius 2 is 2.16 bits per heavy atom. The normalized spacial score (nSPS) is 12.0. The predicted molar refractivity (Wildman–Crippen MR) is 77.7 cm³/mol. The second-order valence-electron chi connectivity index (χ2n) is 4.33. The van der Waals surface area contributed by atoms with Crippen molar-refractivity contribution in [3.05, 3.63) is 28.8 Å². The van der Waals surface area contributed by atoms with Crippen LogP contribution >= 0.6 is 11.6 Å². The third-order valence-corrected chi connectivity index (χ3v) is 3.27. The smallest absolute Gasteiger partial charge is 0.219 e. The summed E-state index contributed by atoms with van der Waals surface area (Å²) >= 11 is 6.17. The Labute approximate surface area is 119 Å². The van der Waals surface area contributed by atoms with Gasteiger partial charge in [-0.1, -0.05) is 17.7 Å². The molecule has 0 bridgehead atoms. The molecular weight excluding hydrogens is 264 g/mol. The zero-order valence-electron chi connectivity index (χ0n) is 11.6. The highest BCUT2D eigenvalue weighted by atomic mass is 35.5. The third kappa shape index (κ3) is 5.09. The molecule has 0 aliphatic carbocycles. The summed E-state index contributed by atoms with van der Waals surface area (Å²) in [6, 6.07) is 6.00. The van der Waals surface area contributed by atoms with Crippen molar-refractivity contribution in [2.24, 2.45) is 0 Å². The van der Waals surface area contributed by atoms with Gasteiger partial charge in [0.25, 0.3) is 0 Å². The minimum Gasteiger partial charge on any atom is -0.492 e. The number of rotatable bonds is 7. The zero-order valence-corrected chi connectivity index (χ0v) is 12.4. The van der Waals surface area contributed by atoms with Gasteiger partial charge in [0.2, 0.25) is 5.91 Å². The average molecular weight is 285 g/mol. The molecule has 1 aromatic carbocycles. The molecule has 4 nitrogen and oxygen atoms in total. The van der Waals surface area contributed by atoms with Crippen molar-refractivity contribution >= 4 is 17.5 Å². The lowest BCUT2D eigenvalue weighted by molar-refractivity contribution is -0.120. The second kappa shape index (κ2) is 8.02. The number of hydrogen-bond acceptors (Lipinski definition) is 3. The molecule has 1 atom stereocenters. The fourth-order valence-corrected chi connectivity index (χ4v) is 1.85. The van der Waals surface area contributed by atoms with Crippen molar-refractivity contribution in [2.45, 2.75) is 25.8 Å². The van der Waals surface area contributed by atoms with E-state index in [-0.39, 0.29) is 11.9 Å². The molecule has 106 valence electrons. The number of carbonyl (C=O) groups excluding carboxylic acids is 1. The van der Waals surface area contributed by atoms with Crippen LogP contribution in [0.25, 0.3) is 0 Å². The van der Waals surface area contributed by atoms with E-state index in [1.807, 2.05) is 25.2 Å². The maximum Gasteiger partial charge on any atom is 0.219 e. The van der Waals surface area contributed by atoms with Crippen molar-refractivity contribution in [1.82, 2.24) is 10.6 Å². The Morgan fingerprint density at radius 3 is 2.74 bits per heavy atom. The molecule has 0 spiro atoms. The first-order chi connectivity index (χ1) is 9.08. The lowest BCUT2D eigenvalue weighted by Crippen LogP contribution is -2.18. The largest absolute Gasteiger partial charge is 0.492 e. The highest BCUT2D eigenvalue weighted by Gasteiger charge is 2.07. The molecule has 5 heteroatoms. The van der Waals surface area contributed by atoms with Crippen LogP contribution in [0.5, 0.6) is 5.75 Å². The lowest BCUT2D eigenvalue weighted by Gasteiger charge is -2.13. The quantitative estimate of drug-likeness (QED) is 0.757. The van der Waals surface area contributed by atoms with Crippen LogP contribution in [0.3, 0.4) is 0 Å². The van der Waals surface area contributed by atoms with Crippen LogP contribution < -0.4 is 15.4 Å².